The van der Waals surface area contributed by atoms with Gasteiger partial charge in [0.15, 0.2) is 0 Å². The predicted molar refractivity (Wildman–Crippen MR) is 67.8 cm³/mol. The molecule has 0 amide bonds. The van der Waals surface area contributed by atoms with Gasteiger partial charge in [-0.05, 0) is 12.1 Å². The third-order valence-corrected chi connectivity index (χ3v) is 2.82. The number of morpholine rings is 1. The Kier molecular flexibility index (Phi) is 4.53. The first kappa shape index (κ1) is 12.1. The number of benzene rings is 1. The number of aliphatic imine (C=N–C) groups is 1. The molecule has 1 fully saturated rings. The van der Waals surface area contributed by atoms with E-state index >= 15 is 0 Å². The molecule has 0 spiro atoms. The summed E-state index contributed by atoms with van der Waals surface area (Å²) >= 11 is 0. The standard InChI is InChI=1S/C13H18N2O2/c16-13-4-2-1-3-12(13)11-14-5-6-15-7-9-17-10-8-15/h1-4,11,16H,5-10H2. The van der Waals surface area contributed by atoms with E-state index in [1.165, 1.54) is 0 Å². The van der Waals surface area contributed by atoms with Crippen molar-refractivity contribution in [2.24, 2.45) is 4.99 Å². The van der Waals surface area contributed by atoms with Crippen LogP contribution < -0.4 is 0 Å². The van der Waals surface area contributed by atoms with Crippen LogP contribution in [0.3, 0.4) is 0 Å². The van der Waals surface area contributed by atoms with E-state index in [9.17, 15) is 5.11 Å². The molecule has 1 aromatic rings. The Morgan fingerprint density at radius 1 is 1.29 bits per heavy atom. The molecule has 4 heteroatoms. The summed E-state index contributed by atoms with van der Waals surface area (Å²) in [6, 6.07) is 7.22. The third-order valence-electron chi connectivity index (χ3n) is 2.82. The van der Waals surface area contributed by atoms with Crippen LogP contribution in [0.1, 0.15) is 5.56 Å². The van der Waals surface area contributed by atoms with Crippen LogP contribution in [0.5, 0.6) is 5.75 Å². The number of aromatic hydroxyl groups is 1. The molecule has 0 aromatic heterocycles. The summed E-state index contributed by atoms with van der Waals surface area (Å²) in [5.41, 5.74) is 0.773. The summed E-state index contributed by atoms with van der Waals surface area (Å²) in [6.45, 7) is 5.34. The first-order valence-electron chi connectivity index (χ1n) is 5.94. The highest BCUT2D eigenvalue weighted by Crippen LogP contribution is 2.12. The molecular weight excluding hydrogens is 216 g/mol. The highest BCUT2D eigenvalue weighted by Gasteiger charge is 2.08. The summed E-state index contributed by atoms with van der Waals surface area (Å²) in [5.74, 6) is 0.280. The normalized spacial score (nSPS) is 17.6. The minimum Gasteiger partial charge on any atom is -0.507 e. The number of ether oxygens (including phenoxy) is 1. The second kappa shape index (κ2) is 6.37. The average molecular weight is 234 g/mol. The Bertz CT molecular complexity index is 373. The number of phenols is 1. The van der Waals surface area contributed by atoms with Crippen molar-refractivity contribution in [2.75, 3.05) is 39.4 Å². The summed E-state index contributed by atoms with van der Waals surface area (Å²) < 4.78 is 5.28. The average Bonchev–Trinajstić information content (AvgIpc) is 2.38. The van der Waals surface area contributed by atoms with Gasteiger partial charge in [-0.25, -0.2) is 0 Å². The van der Waals surface area contributed by atoms with Crippen LogP contribution in [0.4, 0.5) is 0 Å². The number of para-hydroxylation sites is 1. The molecule has 1 saturated heterocycles. The fraction of sp³-hybridized carbons (Fsp3) is 0.462. The van der Waals surface area contributed by atoms with E-state index in [0.29, 0.717) is 0 Å². The molecule has 4 nitrogen and oxygen atoms in total. The van der Waals surface area contributed by atoms with Crippen molar-refractivity contribution < 1.29 is 9.84 Å². The van der Waals surface area contributed by atoms with Gasteiger partial charge < -0.3 is 9.84 Å². The van der Waals surface area contributed by atoms with Gasteiger partial charge in [0.25, 0.3) is 0 Å². The molecule has 92 valence electrons. The van der Waals surface area contributed by atoms with Gasteiger partial charge in [-0.3, -0.25) is 9.89 Å². The summed E-state index contributed by atoms with van der Waals surface area (Å²) in [5, 5.41) is 9.54. The van der Waals surface area contributed by atoms with Gasteiger partial charge in [0.1, 0.15) is 5.75 Å². The molecule has 1 aliphatic heterocycles. The maximum absolute atomic E-state index is 9.54. The first-order valence-corrected chi connectivity index (χ1v) is 5.94. The highest BCUT2D eigenvalue weighted by atomic mass is 16.5. The maximum atomic E-state index is 9.54. The number of phenolic OH excluding ortho intramolecular Hbond substituents is 1. The van der Waals surface area contributed by atoms with Crippen molar-refractivity contribution in [3.05, 3.63) is 29.8 Å². The van der Waals surface area contributed by atoms with Crippen LogP contribution in [0.15, 0.2) is 29.3 Å². The van der Waals surface area contributed by atoms with E-state index in [-0.39, 0.29) is 5.75 Å². The zero-order valence-electron chi connectivity index (χ0n) is 9.88. The Morgan fingerprint density at radius 2 is 2.06 bits per heavy atom. The largest absolute Gasteiger partial charge is 0.507 e. The smallest absolute Gasteiger partial charge is 0.124 e. The first-order chi connectivity index (χ1) is 8.36. The van der Waals surface area contributed by atoms with E-state index in [1.807, 2.05) is 12.1 Å². The van der Waals surface area contributed by atoms with Crippen LogP contribution in [0.25, 0.3) is 0 Å². The van der Waals surface area contributed by atoms with Crippen molar-refractivity contribution in [2.45, 2.75) is 0 Å². The van der Waals surface area contributed by atoms with Gasteiger partial charge in [0.2, 0.25) is 0 Å². The van der Waals surface area contributed by atoms with Gasteiger partial charge in [0, 0.05) is 31.4 Å². The molecule has 1 aliphatic rings. The second-order valence-corrected chi connectivity index (χ2v) is 4.05. The summed E-state index contributed by atoms with van der Waals surface area (Å²) in [6.07, 6.45) is 1.73. The number of hydrogen-bond donors (Lipinski definition) is 1. The monoisotopic (exact) mass is 234 g/mol. The molecule has 0 saturated carbocycles. The van der Waals surface area contributed by atoms with Crippen LogP contribution in [-0.2, 0) is 4.74 Å². The molecule has 1 aromatic carbocycles. The van der Waals surface area contributed by atoms with Crippen LogP contribution in [-0.4, -0.2) is 55.6 Å². The van der Waals surface area contributed by atoms with E-state index < -0.39 is 0 Å². The molecule has 0 unspecified atom stereocenters. The Balaban J connectivity index is 1.76. The lowest BCUT2D eigenvalue weighted by atomic mass is 10.2. The highest BCUT2D eigenvalue weighted by molar-refractivity contribution is 5.83. The van der Waals surface area contributed by atoms with E-state index in [1.54, 1.807) is 18.3 Å². The van der Waals surface area contributed by atoms with Gasteiger partial charge in [-0.1, -0.05) is 12.1 Å². The third kappa shape index (κ3) is 3.84. The molecule has 2 rings (SSSR count). The van der Waals surface area contributed by atoms with Gasteiger partial charge in [-0.15, -0.1) is 0 Å². The van der Waals surface area contributed by atoms with Crippen molar-refractivity contribution in [3.63, 3.8) is 0 Å². The topological polar surface area (TPSA) is 45.1 Å². The van der Waals surface area contributed by atoms with Crippen LogP contribution >= 0.6 is 0 Å². The van der Waals surface area contributed by atoms with E-state index in [2.05, 4.69) is 9.89 Å². The lowest BCUT2D eigenvalue weighted by molar-refractivity contribution is 0.0395. The van der Waals surface area contributed by atoms with Crippen LogP contribution in [0, 0.1) is 0 Å². The van der Waals surface area contributed by atoms with Crippen molar-refractivity contribution in [3.8, 4) is 5.75 Å². The Labute approximate surface area is 102 Å². The summed E-state index contributed by atoms with van der Waals surface area (Å²) in [7, 11) is 0. The Hall–Kier alpha value is -1.39. The zero-order chi connectivity index (χ0) is 11.9. The number of nitrogens with zero attached hydrogens (tertiary/aromatic N) is 2. The molecular formula is C13H18N2O2. The summed E-state index contributed by atoms with van der Waals surface area (Å²) in [4.78, 5) is 6.67. The number of hydrogen-bond acceptors (Lipinski definition) is 4. The number of rotatable bonds is 4. The minimum absolute atomic E-state index is 0.280. The molecule has 17 heavy (non-hydrogen) atoms. The zero-order valence-corrected chi connectivity index (χ0v) is 9.88. The van der Waals surface area contributed by atoms with E-state index in [4.69, 9.17) is 4.74 Å². The van der Waals surface area contributed by atoms with Crippen molar-refractivity contribution in [1.82, 2.24) is 4.90 Å². The van der Waals surface area contributed by atoms with E-state index in [0.717, 1.165) is 45.0 Å². The minimum atomic E-state index is 0.280. The fourth-order valence-corrected chi connectivity index (χ4v) is 1.78. The Morgan fingerprint density at radius 3 is 2.82 bits per heavy atom. The van der Waals surface area contributed by atoms with Gasteiger partial charge in [-0.2, -0.15) is 0 Å². The SMILES string of the molecule is Oc1ccccc1C=NCCN1CCOCC1. The lowest BCUT2D eigenvalue weighted by Gasteiger charge is -2.25. The van der Waals surface area contributed by atoms with Crippen molar-refractivity contribution >= 4 is 6.21 Å². The molecule has 0 aliphatic carbocycles. The molecule has 0 atom stereocenters. The quantitative estimate of drug-likeness (QED) is 0.795. The molecule has 0 bridgehead atoms. The predicted octanol–water partition coefficient (Wildman–Crippen LogP) is 1.14. The molecule has 0 radical (unpaired) electrons. The fourth-order valence-electron chi connectivity index (χ4n) is 1.78. The van der Waals surface area contributed by atoms with Gasteiger partial charge >= 0.3 is 0 Å². The molecule has 1 heterocycles. The van der Waals surface area contributed by atoms with Crippen LogP contribution in [0.2, 0.25) is 0 Å². The second-order valence-electron chi connectivity index (χ2n) is 4.05. The van der Waals surface area contributed by atoms with Crippen molar-refractivity contribution in [1.29, 1.82) is 0 Å². The van der Waals surface area contributed by atoms with Gasteiger partial charge in [0.05, 0.1) is 19.8 Å². The lowest BCUT2D eigenvalue weighted by Crippen LogP contribution is -2.37. The molecule has 1 N–H and O–H groups in total. The maximum Gasteiger partial charge on any atom is 0.124 e.